The summed E-state index contributed by atoms with van der Waals surface area (Å²) in [4.78, 5) is 12.7. The summed E-state index contributed by atoms with van der Waals surface area (Å²) in [6.07, 6.45) is 6.35. The molecule has 4 aliphatic carbocycles. The van der Waals surface area contributed by atoms with Crippen molar-refractivity contribution >= 4 is 23.2 Å². The maximum atomic E-state index is 12.7. The highest BCUT2D eigenvalue weighted by molar-refractivity contribution is 6.32. The zero-order valence-electron chi connectivity index (χ0n) is 11.9. The van der Waals surface area contributed by atoms with E-state index in [9.17, 15) is 9.90 Å². The SMILES string of the molecule is O=C(Nc1ccc(O)c(Cl)c1)C1C2CC3CC(C2)CC1C3. The largest absolute Gasteiger partial charge is 0.506 e. The Labute approximate surface area is 129 Å². The third-order valence-corrected chi connectivity index (χ3v) is 6.05. The lowest BCUT2D eigenvalue weighted by molar-refractivity contribution is -0.132. The van der Waals surface area contributed by atoms with E-state index in [-0.39, 0.29) is 22.6 Å². The Kier molecular flexibility index (Phi) is 3.14. The summed E-state index contributed by atoms with van der Waals surface area (Å²) in [6, 6.07) is 4.84. The number of phenolic OH excluding ortho intramolecular Hbond substituents is 1. The Bertz CT molecular complexity index is 558. The normalized spacial score (nSPS) is 36.7. The van der Waals surface area contributed by atoms with Gasteiger partial charge in [0.05, 0.1) is 5.02 Å². The van der Waals surface area contributed by atoms with Crippen LogP contribution in [0.5, 0.6) is 5.75 Å². The molecule has 5 rings (SSSR count). The van der Waals surface area contributed by atoms with E-state index < -0.39 is 0 Å². The summed E-state index contributed by atoms with van der Waals surface area (Å²) >= 11 is 5.90. The van der Waals surface area contributed by atoms with Gasteiger partial charge in [0.2, 0.25) is 5.91 Å². The monoisotopic (exact) mass is 305 g/mol. The number of halogens is 1. The molecule has 0 spiro atoms. The number of aromatic hydroxyl groups is 1. The van der Waals surface area contributed by atoms with Crippen LogP contribution in [0.3, 0.4) is 0 Å². The molecule has 0 unspecified atom stereocenters. The van der Waals surface area contributed by atoms with Crippen molar-refractivity contribution in [2.75, 3.05) is 5.32 Å². The molecule has 4 bridgehead atoms. The molecule has 21 heavy (non-hydrogen) atoms. The maximum Gasteiger partial charge on any atom is 0.228 e. The van der Waals surface area contributed by atoms with Gasteiger partial charge >= 0.3 is 0 Å². The van der Waals surface area contributed by atoms with Crippen molar-refractivity contribution in [2.45, 2.75) is 32.1 Å². The quantitative estimate of drug-likeness (QED) is 0.810. The van der Waals surface area contributed by atoms with E-state index in [0.717, 1.165) is 11.8 Å². The fourth-order valence-electron chi connectivity index (χ4n) is 5.16. The average molecular weight is 306 g/mol. The molecule has 4 saturated carbocycles. The van der Waals surface area contributed by atoms with Gasteiger partial charge in [0.25, 0.3) is 0 Å². The van der Waals surface area contributed by atoms with Crippen LogP contribution in [0.4, 0.5) is 5.69 Å². The van der Waals surface area contributed by atoms with Crippen LogP contribution in [0.1, 0.15) is 32.1 Å². The van der Waals surface area contributed by atoms with Crippen LogP contribution >= 0.6 is 11.6 Å². The van der Waals surface area contributed by atoms with E-state index in [1.807, 2.05) is 0 Å². The number of anilines is 1. The lowest BCUT2D eigenvalue weighted by atomic mass is 9.51. The molecule has 1 aromatic rings. The minimum atomic E-state index is 0.0456. The summed E-state index contributed by atoms with van der Waals surface area (Å²) in [5.41, 5.74) is 0.677. The van der Waals surface area contributed by atoms with Gasteiger partial charge in [0, 0.05) is 11.6 Å². The van der Waals surface area contributed by atoms with Gasteiger partial charge in [-0.15, -0.1) is 0 Å². The highest BCUT2D eigenvalue weighted by Gasteiger charge is 2.50. The van der Waals surface area contributed by atoms with E-state index in [4.69, 9.17) is 11.6 Å². The minimum absolute atomic E-state index is 0.0456. The topological polar surface area (TPSA) is 49.3 Å². The second kappa shape index (κ2) is 4.91. The average Bonchev–Trinajstić information content (AvgIpc) is 2.41. The van der Waals surface area contributed by atoms with Gasteiger partial charge in [0.15, 0.2) is 0 Å². The Morgan fingerprint density at radius 3 is 2.29 bits per heavy atom. The minimum Gasteiger partial charge on any atom is -0.506 e. The molecule has 4 heteroatoms. The molecular formula is C17H20ClNO2. The fraction of sp³-hybridized carbons (Fsp3) is 0.588. The first-order valence-electron chi connectivity index (χ1n) is 7.89. The van der Waals surface area contributed by atoms with Crippen molar-refractivity contribution in [3.05, 3.63) is 23.2 Å². The Balaban J connectivity index is 1.51. The third-order valence-electron chi connectivity index (χ3n) is 5.74. The molecule has 112 valence electrons. The Morgan fingerprint density at radius 2 is 1.71 bits per heavy atom. The van der Waals surface area contributed by atoms with Crippen LogP contribution in [-0.2, 0) is 4.79 Å². The zero-order valence-corrected chi connectivity index (χ0v) is 12.6. The molecule has 1 amide bonds. The summed E-state index contributed by atoms with van der Waals surface area (Å²) in [7, 11) is 0. The number of hydrogen-bond acceptors (Lipinski definition) is 2. The number of rotatable bonds is 2. The third kappa shape index (κ3) is 2.32. The zero-order chi connectivity index (χ0) is 14.6. The number of amides is 1. The van der Waals surface area contributed by atoms with Crippen LogP contribution < -0.4 is 5.32 Å². The van der Waals surface area contributed by atoms with Crippen LogP contribution in [-0.4, -0.2) is 11.0 Å². The molecule has 0 radical (unpaired) electrons. The first-order valence-corrected chi connectivity index (χ1v) is 8.27. The summed E-state index contributed by atoms with van der Waals surface area (Å²) in [5, 5.41) is 12.7. The predicted molar refractivity (Wildman–Crippen MR) is 82.3 cm³/mol. The van der Waals surface area contributed by atoms with Crippen LogP contribution in [0.2, 0.25) is 5.02 Å². The standard InChI is InChI=1S/C17H20ClNO2/c18-14-8-13(1-2-15(14)20)19-17(21)16-11-4-9-3-10(6-11)7-12(16)5-9/h1-2,8-12,16,20H,3-7H2,(H,19,21). The molecule has 0 aromatic heterocycles. The second-order valence-electron chi connectivity index (χ2n) is 7.11. The molecule has 2 N–H and O–H groups in total. The van der Waals surface area contributed by atoms with Crippen molar-refractivity contribution in [3.63, 3.8) is 0 Å². The van der Waals surface area contributed by atoms with Gasteiger partial charge in [-0.25, -0.2) is 0 Å². The summed E-state index contributed by atoms with van der Waals surface area (Å²) < 4.78 is 0. The van der Waals surface area contributed by atoms with Crippen molar-refractivity contribution in [1.29, 1.82) is 0 Å². The van der Waals surface area contributed by atoms with E-state index in [2.05, 4.69) is 5.32 Å². The van der Waals surface area contributed by atoms with E-state index in [1.54, 1.807) is 12.1 Å². The van der Waals surface area contributed by atoms with E-state index in [1.165, 1.54) is 38.2 Å². The van der Waals surface area contributed by atoms with Gasteiger partial charge < -0.3 is 10.4 Å². The molecular weight excluding hydrogens is 286 g/mol. The molecule has 0 atom stereocenters. The van der Waals surface area contributed by atoms with Crippen molar-refractivity contribution in [1.82, 2.24) is 0 Å². The van der Waals surface area contributed by atoms with Gasteiger partial charge in [-0.1, -0.05) is 11.6 Å². The number of carbonyl (C=O) groups excluding carboxylic acids is 1. The molecule has 0 saturated heterocycles. The fourth-order valence-corrected chi connectivity index (χ4v) is 5.34. The summed E-state index contributed by atoms with van der Waals surface area (Å²) in [6.45, 7) is 0. The lowest BCUT2D eigenvalue weighted by Gasteiger charge is -2.53. The molecule has 1 aromatic carbocycles. The highest BCUT2D eigenvalue weighted by Crippen LogP contribution is 2.56. The van der Waals surface area contributed by atoms with Crippen LogP contribution in [0.25, 0.3) is 0 Å². The highest BCUT2D eigenvalue weighted by atomic mass is 35.5. The van der Waals surface area contributed by atoms with Crippen LogP contribution in [0.15, 0.2) is 18.2 Å². The van der Waals surface area contributed by atoms with Gasteiger partial charge in [-0.3, -0.25) is 4.79 Å². The Morgan fingerprint density at radius 1 is 1.10 bits per heavy atom. The predicted octanol–water partition coefficient (Wildman–Crippen LogP) is 4.06. The molecule has 4 aliphatic rings. The number of nitrogens with one attached hydrogen (secondary N) is 1. The molecule has 3 nitrogen and oxygen atoms in total. The smallest absolute Gasteiger partial charge is 0.228 e. The van der Waals surface area contributed by atoms with Gasteiger partial charge in [0.1, 0.15) is 5.75 Å². The van der Waals surface area contributed by atoms with Gasteiger partial charge in [-0.2, -0.15) is 0 Å². The summed E-state index contributed by atoms with van der Waals surface area (Å²) in [5.74, 6) is 3.27. The Hall–Kier alpha value is -1.22. The number of hydrogen-bond donors (Lipinski definition) is 2. The van der Waals surface area contributed by atoms with Crippen molar-refractivity contribution < 1.29 is 9.90 Å². The van der Waals surface area contributed by atoms with Gasteiger partial charge in [-0.05, 0) is 74.0 Å². The van der Waals surface area contributed by atoms with Crippen molar-refractivity contribution in [2.24, 2.45) is 29.6 Å². The molecule has 0 aliphatic heterocycles. The van der Waals surface area contributed by atoms with Crippen LogP contribution in [0, 0.1) is 29.6 Å². The van der Waals surface area contributed by atoms with E-state index >= 15 is 0 Å². The lowest BCUT2D eigenvalue weighted by Crippen LogP contribution is -2.49. The number of carbonyl (C=O) groups is 1. The first kappa shape index (κ1) is 13.4. The molecule has 4 fully saturated rings. The molecule has 0 heterocycles. The van der Waals surface area contributed by atoms with E-state index in [0.29, 0.717) is 17.5 Å². The first-order chi connectivity index (χ1) is 10.1. The number of phenols is 1. The maximum absolute atomic E-state index is 12.7. The van der Waals surface area contributed by atoms with Crippen molar-refractivity contribution in [3.8, 4) is 5.75 Å². The number of benzene rings is 1. The second-order valence-corrected chi connectivity index (χ2v) is 7.52.